The molecule has 0 aliphatic carbocycles. The lowest BCUT2D eigenvalue weighted by atomic mass is 10.1. The predicted molar refractivity (Wildman–Crippen MR) is 72.0 cm³/mol. The molecule has 112 valence electrons. The van der Waals surface area contributed by atoms with Crippen molar-refractivity contribution in [3.63, 3.8) is 0 Å². The molecule has 0 spiro atoms. The van der Waals surface area contributed by atoms with E-state index in [0.717, 1.165) is 13.1 Å². The first-order valence-corrected chi connectivity index (χ1v) is 6.59. The average Bonchev–Trinajstić information content (AvgIpc) is 2.70. The molecule has 1 saturated heterocycles. The second-order valence-electron chi connectivity index (χ2n) is 5.19. The van der Waals surface area contributed by atoms with E-state index in [1.807, 2.05) is 0 Å². The number of nitrogens with zero attached hydrogens (tertiary/aromatic N) is 1. The zero-order valence-corrected chi connectivity index (χ0v) is 11.7. The predicted octanol–water partition coefficient (Wildman–Crippen LogP) is 2.08. The Morgan fingerprint density at radius 3 is 2.70 bits per heavy atom. The molecule has 20 heavy (non-hydrogen) atoms. The fourth-order valence-electron chi connectivity index (χ4n) is 2.46. The number of halogens is 2. The van der Waals surface area contributed by atoms with E-state index in [9.17, 15) is 8.78 Å². The first-order chi connectivity index (χ1) is 9.49. The van der Waals surface area contributed by atoms with Crippen LogP contribution in [0.3, 0.4) is 0 Å². The van der Waals surface area contributed by atoms with Crippen LogP contribution in [-0.4, -0.2) is 37.8 Å². The van der Waals surface area contributed by atoms with Gasteiger partial charge in [0, 0.05) is 37.3 Å². The van der Waals surface area contributed by atoms with Crippen LogP contribution in [-0.2, 0) is 6.54 Å². The van der Waals surface area contributed by atoms with E-state index in [2.05, 4.69) is 16.6 Å². The molecule has 2 atom stereocenters. The van der Waals surface area contributed by atoms with Crippen LogP contribution in [0, 0.1) is 5.92 Å². The lowest BCUT2D eigenvalue weighted by Crippen LogP contribution is -2.28. The number of rotatable bonds is 5. The van der Waals surface area contributed by atoms with Gasteiger partial charge in [-0.2, -0.15) is 8.78 Å². The Morgan fingerprint density at radius 1 is 1.40 bits per heavy atom. The second kappa shape index (κ2) is 6.37. The molecule has 1 aromatic carbocycles. The van der Waals surface area contributed by atoms with E-state index >= 15 is 0 Å². The van der Waals surface area contributed by atoms with Crippen LogP contribution in [0.2, 0.25) is 0 Å². The standard InChI is InChI=1S/C14H20F2N2O2/c1-9-6-18(8-12(9)17)7-10-3-4-11(19-2)5-13(10)20-14(15)16/h3-5,9,12,14H,6-8,17H2,1-2H3. The molecule has 2 rings (SSSR count). The SMILES string of the molecule is COc1ccc(CN2CC(C)C(N)C2)c(OC(F)F)c1. The van der Waals surface area contributed by atoms with Crippen molar-refractivity contribution < 1.29 is 18.3 Å². The van der Waals surface area contributed by atoms with Crippen LogP contribution >= 0.6 is 0 Å². The largest absolute Gasteiger partial charge is 0.497 e. The van der Waals surface area contributed by atoms with E-state index in [0.29, 0.717) is 23.8 Å². The van der Waals surface area contributed by atoms with Gasteiger partial charge >= 0.3 is 6.61 Å². The molecule has 2 N–H and O–H groups in total. The number of likely N-dealkylation sites (tertiary alicyclic amines) is 1. The summed E-state index contributed by atoms with van der Waals surface area (Å²) in [4.78, 5) is 2.15. The Hall–Kier alpha value is -1.40. The van der Waals surface area contributed by atoms with E-state index in [1.54, 1.807) is 12.1 Å². The van der Waals surface area contributed by atoms with Crippen LogP contribution in [0.4, 0.5) is 8.78 Å². The van der Waals surface area contributed by atoms with Gasteiger partial charge in [-0.15, -0.1) is 0 Å². The van der Waals surface area contributed by atoms with Crippen molar-refractivity contribution in [2.75, 3.05) is 20.2 Å². The monoisotopic (exact) mass is 286 g/mol. The minimum Gasteiger partial charge on any atom is -0.497 e. The van der Waals surface area contributed by atoms with Gasteiger partial charge in [0.15, 0.2) is 0 Å². The lowest BCUT2D eigenvalue weighted by Gasteiger charge is -2.18. The van der Waals surface area contributed by atoms with Gasteiger partial charge in [0.25, 0.3) is 0 Å². The van der Waals surface area contributed by atoms with Crippen LogP contribution in [0.15, 0.2) is 18.2 Å². The second-order valence-corrected chi connectivity index (χ2v) is 5.19. The van der Waals surface area contributed by atoms with Crippen molar-refractivity contribution in [2.45, 2.75) is 26.1 Å². The summed E-state index contributed by atoms with van der Waals surface area (Å²) in [6.45, 7) is 1.42. The molecule has 1 aromatic rings. The number of hydrogen-bond acceptors (Lipinski definition) is 4. The molecule has 0 aromatic heterocycles. The molecule has 6 heteroatoms. The van der Waals surface area contributed by atoms with Crippen molar-refractivity contribution in [1.82, 2.24) is 4.90 Å². The summed E-state index contributed by atoms with van der Waals surface area (Å²) in [5.41, 5.74) is 6.69. The first kappa shape index (κ1) is 15.0. The molecule has 0 amide bonds. The average molecular weight is 286 g/mol. The summed E-state index contributed by atoms with van der Waals surface area (Å²) in [7, 11) is 1.49. The van der Waals surface area contributed by atoms with Gasteiger partial charge in [0.1, 0.15) is 11.5 Å². The highest BCUT2D eigenvalue weighted by Gasteiger charge is 2.27. The van der Waals surface area contributed by atoms with Crippen molar-refractivity contribution in [3.05, 3.63) is 23.8 Å². The van der Waals surface area contributed by atoms with E-state index in [-0.39, 0.29) is 11.8 Å². The quantitative estimate of drug-likeness (QED) is 0.900. The molecule has 0 saturated carbocycles. The molecular weight excluding hydrogens is 266 g/mol. The topological polar surface area (TPSA) is 47.7 Å². The Balaban J connectivity index is 2.13. The minimum atomic E-state index is -2.85. The molecule has 4 nitrogen and oxygen atoms in total. The maximum absolute atomic E-state index is 12.5. The van der Waals surface area contributed by atoms with Crippen molar-refractivity contribution in [1.29, 1.82) is 0 Å². The molecule has 0 bridgehead atoms. The summed E-state index contributed by atoms with van der Waals surface area (Å²) in [6, 6.07) is 5.12. The number of benzene rings is 1. The summed E-state index contributed by atoms with van der Waals surface area (Å²) in [5.74, 6) is 1.07. The van der Waals surface area contributed by atoms with Gasteiger partial charge in [0.2, 0.25) is 0 Å². The third-order valence-corrected chi connectivity index (χ3v) is 3.63. The number of alkyl halides is 2. The van der Waals surface area contributed by atoms with Gasteiger partial charge in [-0.1, -0.05) is 13.0 Å². The Labute approximate surface area is 117 Å². The number of ether oxygens (including phenoxy) is 2. The van der Waals surface area contributed by atoms with Crippen LogP contribution in [0.5, 0.6) is 11.5 Å². The zero-order valence-electron chi connectivity index (χ0n) is 11.7. The first-order valence-electron chi connectivity index (χ1n) is 6.59. The molecule has 1 aliphatic rings. The van der Waals surface area contributed by atoms with Crippen LogP contribution < -0.4 is 15.2 Å². The van der Waals surface area contributed by atoms with E-state index in [1.165, 1.54) is 13.2 Å². The zero-order chi connectivity index (χ0) is 14.7. The van der Waals surface area contributed by atoms with Crippen molar-refractivity contribution >= 4 is 0 Å². The minimum absolute atomic E-state index is 0.132. The highest BCUT2D eigenvalue weighted by molar-refractivity contribution is 5.40. The molecule has 1 fully saturated rings. The molecule has 1 aliphatic heterocycles. The lowest BCUT2D eigenvalue weighted by molar-refractivity contribution is -0.0508. The number of hydrogen-bond donors (Lipinski definition) is 1. The number of nitrogens with two attached hydrogens (primary N) is 1. The van der Waals surface area contributed by atoms with Crippen LogP contribution in [0.1, 0.15) is 12.5 Å². The fraction of sp³-hybridized carbons (Fsp3) is 0.571. The molecule has 0 radical (unpaired) electrons. The number of methoxy groups -OCH3 is 1. The highest BCUT2D eigenvalue weighted by atomic mass is 19.3. The molecule has 2 unspecified atom stereocenters. The third kappa shape index (κ3) is 3.58. The summed E-state index contributed by atoms with van der Waals surface area (Å²) in [5, 5.41) is 0. The third-order valence-electron chi connectivity index (χ3n) is 3.63. The van der Waals surface area contributed by atoms with Gasteiger partial charge in [0.05, 0.1) is 7.11 Å². The van der Waals surface area contributed by atoms with E-state index in [4.69, 9.17) is 10.5 Å². The molecular formula is C14H20F2N2O2. The smallest absolute Gasteiger partial charge is 0.387 e. The summed E-state index contributed by atoms with van der Waals surface area (Å²) in [6.07, 6.45) is 0. The normalized spacial score (nSPS) is 23.3. The van der Waals surface area contributed by atoms with Crippen molar-refractivity contribution in [2.24, 2.45) is 11.7 Å². The maximum atomic E-state index is 12.5. The summed E-state index contributed by atoms with van der Waals surface area (Å²) < 4.78 is 34.6. The van der Waals surface area contributed by atoms with Gasteiger partial charge in [-0.25, -0.2) is 0 Å². The summed E-state index contributed by atoms with van der Waals surface area (Å²) >= 11 is 0. The van der Waals surface area contributed by atoms with Crippen LogP contribution in [0.25, 0.3) is 0 Å². The Kier molecular flexibility index (Phi) is 4.77. The fourth-order valence-corrected chi connectivity index (χ4v) is 2.46. The van der Waals surface area contributed by atoms with E-state index < -0.39 is 6.61 Å². The Bertz CT molecular complexity index is 447. The van der Waals surface area contributed by atoms with Gasteiger partial charge in [-0.3, -0.25) is 4.90 Å². The van der Waals surface area contributed by atoms with Gasteiger partial charge < -0.3 is 15.2 Å². The van der Waals surface area contributed by atoms with Crippen molar-refractivity contribution in [3.8, 4) is 11.5 Å². The maximum Gasteiger partial charge on any atom is 0.387 e. The highest BCUT2D eigenvalue weighted by Crippen LogP contribution is 2.28. The Morgan fingerprint density at radius 2 is 2.15 bits per heavy atom. The molecule has 1 heterocycles. The van der Waals surface area contributed by atoms with Gasteiger partial charge in [-0.05, 0) is 12.0 Å².